The van der Waals surface area contributed by atoms with Crippen LogP contribution in [-0.2, 0) is 13.0 Å². The lowest BCUT2D eigenvalue weighted by Gasteiger charge is -2.24. The summed E-state index contributed by atoms with van der Waals surface area (Å²) in [6.45, 7) is 2.45. The predicted molar refractivity (Wildman–Crippen MR) is 139 cm³/mol. The number of likely N-dealkylation sites (N-methyl/N-ethyl adjacent to an activating group) is 1. The van der Waals surface area contributed by atoms with Gasteiger partial charge in [0.25, 0.3) is 11.8 Å². The molecule has 1 N–H and O–H groups in total. The molecule has 37 heavy (non-hydrogen) atoms. The van der Waals surface area contributed by atoms with Gasteiger partial charge in [0.05, 0.1) is 17.3 Å². The molecule has 1 saturated heterocycles. The maximum atomic E-state index is 13.4. The molecular formula is C27H25N7O2S. The van der Waals surface area contributed by atoms with Crippen molar-refractivity contribution in [3.05, 3.63) is 81.7 Å². The van der Waals surface area contributed by atoms with Crippen molar-refractivity contribution in [2.75, 3.05) is 25.5 Å². The monoisotopic (exact) mass is 511 g/mol. The van der Waals surface area contributed by atoms with Crippen molar-refractivity contribution >= 4 is 33.9 Å². The highest BCUT2D eigenvalue weighted by atomic mass is 32.1. The number of pyridine rings is 1. The number of carbonyl (C=O) groups excluding carboxylic acids is 2. The fourth-order valence-electron chi connectivity index (χ4n) is 5.10. The zero-order chi connectivity index (χ0) is 25.5. The third-order valence-corrected chi connectivity index (χ3v) is 7.99. The van der Waals surface area contributed by atoms with E-state index in [0.717, 1.165) is 43.6 Å². The van der Waals surface area contributed by atoms with Gasteiger partial charge >= 0.3 is 0 Å². The molecule has 3 aromatic heterocycles. The standard InChI is InChI=1S/C27H25N7O2S/c1-32-11-9-20-23(16-32)37-27(30-20)31-25(35)19-5-2-4-18(12-19)22-6-3-10-34(22)26(36)21-15-33-14-17(13-28)7-8-24(33)29-21/h2,4-5,7-8,12,14-15,22H,3,6,9-11,16H2,1H3,(H,30,31,35)/t22-/m1/s1. The molecular weight excluding hydrogens is 486 g/mol. The normalized spacial score (nSPS) is 17.5. The van der Waals surface area contributed by atoms with Crippen molar-refractivity contribution in [1.82, 2.24) is 24.2 Å². The number of nitrogens with zero attached hydrogens (tertiary/aromatic N) is 6. The maximum absolute atomic E-state index is 13.4. The second kappa shape index (κ2) is 9.42. The van der Waals surface area contributed by atoms with Crippen LogP contribution in [0.1, 0.15) is 61.4 Å². The van der Waals surface area contributed by atoms with Crippen LogP contribution in [-0.4, -0.2) is 56.1 Å². The Morgan fingerprint density at radius 1 is 1.16 bits per heavy atom. The van der Waals surface area contributed by atoms with Gasteiger partial charge in [-0.25, -0.2) is 9.97 Å². The number of nitrogens with one attached hydrogen (secondary N) is 1. The SMILES string of the molecule is CN1CCc2nc(NC(=O)c3cccc([C@H]4CCCN4C(=O)c4cn5cc(C#N)ccc5n4)c3)sc2C1. The largest absolute Gasteiger partial charge is 0.330 e. The van der Waals surface area contributed by atoms with E-state index in [0.29, 0.717) is 34.1 Å². The van der Waals surface area contributed by atoms with Gasteiger partial charge in [0.2, 0.25) is 0 Å². The minimum Gasteiger partial charge on any atom is -0.330 e. The van der Waals surface area contributed by atoms with Crippen LogP contribution in [0.4, 0.5) is 5.13 Å². The highest BCUT2D eigenvalue weighted by Crippen LogP contribution is 2.34. The summed E-state index contributed by atoms with van der Waals surface area (Å²) in [4.78, 5) is 40.9. The maximum Gasteiger partial charge on any atom is 0.274 e. The third kappa shape index (κ3) is 4.48. The number of hydrogen-bond acceptors (Lipinski definition) is 7. The van der Waals surface area contributed by atoms with Gasteiger partial charge in [0.1, 0.15) is 17.4 Å². The third-order valence-electron chi connectivity index (χ3n) is 6.99. The molecule has 186 valence electrons. The Balaban J connectivity index is 1.20. The molecule has 1 aromatic carbocycles. The summed E-state index contributed by atoms with van der Waals surface area (Å²) in [6.07, 6.45) is 5.92. The Labute approximate surface area is 218 Å². The van der Waals surface area contributed by atoms with E-state index in [1.54, 1.807) is 35.0 Å². The van der Waals surface area contributed by atoms with Gasteiger partial charge in [-0.3, -0.25) is 14.9 Å². The Kier molecular flexibility index (Phi) is 5.94. The average Bonchev–Trinajstić information content (AvgIpc) is 3.65. The molecule has 2 aliphatic rings. The number of hydrogen-bond donors (Lipinski definition) is 1. The summed E-state index contributed by atoms with van der Waals surface area (Å²) in [5.41, 5.74) is 4.00. The summed E-state index contributed by atoms with van der Waals surface area (Å²) >= 11 is 1.53. The van der Waals surface area contributed by atoms with Crippen molar-refractivity contribution in [2.24, 2.45) is 0 Å². The molecule has 0 spiro atoms. The van der Waals surface area contributed by atoms with E-state index in [-0.39, 0.29) is 17.9 Å². The van der Waals surface area contributed by atoms with E-state index in [2.05, 4.69) is 33.3 Å². The van der Waals surface area contributed by atoms with E-state index in [1.165, 1.54) is 16.2 Å². The molecule has 1 atom stereocenters. The number of rotatable bonds is 4. The van der Waals surface area contributed by atoms with Crippen LogP contribution in [0.15, 0.2) is 48.8 Å². The van der Waals surface area contributed by atoms with E-state index < -0.39 is 0 Å². The fraction of sp³-hybridized carbons (Fsp3) is 0.296. The number of nitriles is 1. The van der Waals surface area contributed by atoms with Gasteiger partial charge in [0.15, 0.2) is 5.13 Å². The highest BCUT2D eigenvalue weighted by Gasteiger charge is 2.32. The van der Waals surface area contributed by atoms with Crippen LogP contribution < -0.4 is 5.32 Å². The molecule has 0 bridgehead atoms. The lowest BCUT2D eigenvalue weighted by Crippen LogP contribution is -2.31. The molecule has 10 heteroatoms. The van der Waals surface area contributed by atoms with E-state index in [1.807, 2.05) is 23.1 Å². The topological polar surface area (TPSA) is 107 Å². The summed E-state index contributed by atoms with van der Waals surface area (Å²) < 4.78 is 1.70. The van der Waals surface area contributed by atoms with Crippen molar-refractivity contribution in [2.45, 2.75) is 31.8 Å². The van der Waals surface area contributed by atoms with Gasteiger partial charge in [-0.1, -0.05) is 12.1 Å². The van der Waals surface area contributed by atoms with Gasteiger partial charge < -0.3 is 14.2 Å². The Hall–Kier alpha value is -4.07. The Morgan fingerprint density at radius 3 is 2.92 bits per heavy atom. The van der Waals surface area contributed by atoms with E-state index in [9.17, 15) is 9.59 Å². The lowest BCUT2D eigenvalue weighted by atomic mass is 10.0. The first kappa shape index (κ1) is 23.3. The van der Waals surface area contributed by atoms with Crippen molar-refractivity contribution in [3.8, 4) is 6.07 Å². The zero-order valence-electron chi connectivity index (χ0n) is 20.3. The zero-order valence-corrected chi connectivity index (χ0v) is 21.2. The number of benzene rings is 1. The molecule has 4 aromatic rings. The van der Waals surface area contributed by atoms with Gasteiger partial charge in [-0.05, 0) is 49.7 Å². The second-order valence-corrected chi connectivity index (χ2v) is 10.6. The molecule has 2 aliphatic heterocycles. The smallest absolute Gasteiger partial charge is 0.274 e. The summed E-state index contributed by atoms with van der Waals surface area (Å²) in [5.74, 6) is -0.358. The highest BCUT2D eigenvalue weighted by molar-refractivity contribution is 7.15. The molecule has 2 amide bonds. The average molecular weight is 512 g/mol. The van der Waals surface area contributed by atoms with Gasteiger partial charge in [0, 0.05) is 48.9 Å². The van der Waals surface area contributed by atoms with Crippen molar-refractivity contribution in [3.63, 3.8) is 0 Å². The number of anilines is 1. The van der Waals surface area contributed by atoms with Gasteiger partial charge in [-0.2, -0.15) is 5.26 Å². The molecule has 0 aliphatic carbocycles. The molecule has 0 saturated carbocycles. The number of carbonyl (C=O) groups is 2. The predicted octanol–water partition coefficient (Wildman–Crippen LogP) is 3.88. The van der Waals surface area contributed by atoms with Gasteiger partial charge in [-0.15, -0.1) is 11.3 Å². The molecule has 0 radical (unpaired) electrons. The van der Waals surface area contributed by atoms with Crippen LogP contribution in [0.3, 0.4) is 0 Å². The quantitative estimate of drug-likeness (QED) is 0.446. The number of imidazole rings is 1. The summed E-state index contributed by atoms with van der Waals surface area (Å²) in [5, 5.41) is 12.7. The number of likely N-dealkylation sites (tertiary alicyclic amines) is 1. The molecule has 9 nitrogen and oxygen atoms in total. The van der Waals surface area contributed by atoms with Crippen molar-refractivity contribution < 1.29 is 9.59 Å². The first-order valence-corrected chi connectivity index (χ1v) is 13.1. The minimum absolute atomic E-state index is 0.137. The van der Waals surface area contributed by atoms with Crippen LogP contribution in [0, 0.1) is 11.3 Å². The number of fused-ring (bicyclic) bond motifs is 2. The summed E-state index contributed by atoms with van der Waals surface area (Å²) in [6, 6.07) is 12.9. The first-order chi connectivity index (χ1) is 18.0. The van der Waals surface area contributed by atoms with Crippen LogP contribution in [0.25, 0.3) is 5.65 Å². The Bertz CT molecular complexity index is 1570. The molecule has 0 unspecified atom stereocenters. The van der Waals surface area contributed by atoms with Crippen molar-refractivity contribution in [1.29, 1.82) is 5.26 Å². The number of amides is 2. The van der Waals surface area contributed by atoms with Crippen LogP contribution in [0.5, 0.6) is 0 Å². The second-order valence-electron chi connectivity index (χ2n) is 9.53. The first-order valence-electron chi connectivity index (χ1n) is 12.3. The van der Waals surface area contributed by atoms with Crippen LogP contribution >= 0.6 is 11.3 Å². The van der Waals surface area contributed by atoms with Crippen LogP contribution in [0.2, 0.25) is 0 Å². The van der Waals surface area contributed by atoms with E-state index in [4.69, 9.17) is 5.26 Å². The Morgan fingerprint density at radius 2 is 2.05 bits per heavy atom. The lowest BCUT2D eigenvalue weighted by molar-refractivity contribution is 0.0730. The fourth-order valence-corrected chi connectivity index (χ4v) is 6.18. The molecule has 1 fully saturated rings. The minimum atomic E-state index is -0.203. The number of thiazole rings is 1. The summed E-state index contributed by atoms with van der Waals surface area (Å²) in [7, 11) is 2.09. The molecule has 5 heterocycles. The van der Waals surface area contributed by atoms with E-state index >= 15 is 0 Å². The molecule has 6 rings (SSSR count). The number of aromatic nitrogens is 3.